The van der Waals surface area contributed by atoms with Gasteiger partial charge in [-0.1, -0.05) is 12.8 Å². The van der Waals surface area contributed by atoms with Crippen molar-refractivity contribution >= 4 is 0 Å². The van der Waals surface area contributed by atoms with Crippen LogP contribution in [0.15, 0.2) is 12.3 Å². The Balaban J connectivity index is 1.48. The summed E-state index contributed by atoms with van der Waals surface area (Å²) < 4.78 is 2.15. The van der Waals surface area contributed by atoms with Gasteiger partial charge in [0.2, 0.25) is 0 Å². The molecule has 0 amide bonds. The van der Waals surface area contributed by atoms with Crippen molar-refractivity contribution in [3.05, 3.63) is 18.0 Å². The second-order valence-corrected chi connectivity index (χ2v) is 7.04. The van der Waals surface area contributed by atoms with Gasteiger partial charge in [-0.15, -0.1) is 0 Å². The van der Waals surface area contributed by atoms with E-state index in [0.29, 0.717) is 12.0 Å². The Labute approximate surface area is 120 Å². The third-order valence-electron chi connectivity index (χ3n) is 5.74. The van der Waals surface area contributed by atoms with E-state index in [4.69, 9.17) is 5.10 Å². The highest BCUT2D eigenvalue weighted by molar-refractivity contribution is 5.09. The number of nitrogens with zero attached hydrogens (tertiary/aromatic N) is 3. The summed E-state index contributed by atoms with van der Waals surface area (Å²) in [4.78, 5) is 2.48. The minimum atomic E-state index is -0.512. The van der Waals surface area contributed by atoms with E-state index >= 15 is 0 Å². The van der Waals surface area contributed by atoms with Crippen LogP contribution in [0.25, 0.3) is 0 Å². The first-order chi connectivity index (χ1) is 9.73. The van der Waals surface area contributed by atoms with E-state index in [2.05, 4.69) is 21.8 Å². The number of fused-ring (bicyclic) bond motifs is 2. The number of rotatable bonds is 3. The molecule has 1 aromatic rings. The second kappa shape index (κ2) is 4.85. The van der Waals surface area contributed by atoms with Gasteiger partial charge in [0, 0.05) is 31.6 Å². The van der Waals surface area contributed by atoms with Gasteiger partial charge in [-0.2, -0.15) is 5.10 Å². The maximum atomic E-state index is 11.0. The van der Waals surface area contributed by atoms with E-state index < -0.39 is 5.60 Å². The van der Waals surface area contributed by atoms with Crippen molar-refractivity contribution < 1.29 is 5.11 Å². The third kappa shape index (κ3) is 2.19. The van der Waals surface area contributed by atoms with E-state index in [1.165, 1.54) is 32.2 Å². The molecule has 4 heteroatoms. The van der Waals surface area contributed by atoms with Crippen LogP contribution >= 0.6 is 0 Å². The van der Waals surface area contributed by atoms with Gasteiger partial charge < -0.3 is 10.0 Å². The van der Waals surface area contributed by atoms with E-state index in [0.717, 1.165) is 38.0 Å². The van der Waals surface area contributed by atoms with Gasteiger partial charge in [0.05, 0.1) is 17.3 Å². The van der Waals surface area contributed by atoms with Crippen molar-refractivity contribution in [2.24, 2.45) is 5.92 Å². The summed E-state index contributed by atoms with van der Waals surface area (Å²) in [5.74, 6) is 0.452. The van der Waals surface area contributed by atoms with Crippen molar-refractivity contribution in [3.63, 3.8) is 0 Å². The van der Waals surface area contributed by atoms with Crippen molar-refractivity contribution in [1.82, 2.24) is 14.7 Å². The summed E-state index contributed by atoms with van der Waals surface area (Å²) in [5.41, 5.74) is 0.571. The molecule has 2 bridgehead atoms. The monoisotopic (exact) mass is 275 g/mol. The molecule has 1 aromatic heterocycles. The minimum Gasteiger partial charge on any atom is -0.389 e. The van der Waals surface area contributed by atoms with Gasteiger partial charge in [0.15, 0.2) is 0 Å². The van der Waals surface area contributed by atoms with Gasteiger partial charge in [-0.3, -0.25) is 4.68 Å². The Kier molecular flexibility index (Phi) is 3.11. The number of hydrogen-bond acceptors (Lipinski definition) is 3. The standard InChI is InChI=1S/C16H25N3O/c20-16(7-10-18-8-5-13(16)12-18)11-14-6-9-19(17-14)15-3-1-2-4-15/h6,9,13,15,20H,1-5,7-8,10-12H2. The predicted octanol–water partition coefficient (Wildman–Crippen LogP) is 2.00. The van der Waals surface area contributed by atoms with Crippen molar-refractivity contribution in [3.8, 4) is 0 Å². The molecule has 2 saturated heterocycles. The van der Waals surface area contributed by atoms with Crippen LogP contribution in [0, 0.1) is 5.92 Å². The number of hydrogen-bond donors (Lipinski definition) is 1. The number of aromatic nitrogens is 2. The molecule has 3 fully saturated rings. The summed E-state index contributed by atoms with van der Waals surface area (Å²) in [6.45, 7) is 3.31. The Morgan fingerprint density at radius 2 is 2.10 bits per heavy atom. The maximum absolute atomic E-state index is 11.0. The van der Waals surface area contributed by atoms with Crippen molar-refractivity contribution in [1.29, 1.82) is 0 Å². The lowest BCUT2D eigenvalue weighted by Gasteiger charge is -2.38. The van der Waals surface area contributed by atoms with Crippen LogP contribution in [0.4, 0.5) is 0 Å². The minimum absolute atomic E-state index is 0.452. The second-order valence-electron chi connectivity index (χ2n) is 7.04. The first-order valence-electron chi connectivity index (χ1n) is 8.22. The highest BCUT2D eigenvalue weighted by atomic mass is 16.3. The average molecular weight is 275 g/mol. The predicted molar refractivity (Wildman–Crippen MR) is 77.5 cm³/mol. The molecule has 0 spiro atoms. The zero-order valence-corrected chi connectivity index (χ0v) is 12.2. The van der Waals surface area contributed by atoms with Crippen LogP contribution in [0.2, 0.25) is 0 Å². The Bertz CT molecular complexity index is 480. The lowest BCUT2D eigenvalue weighted by Crippen LogP contribution is -2.47. The number of piperidine rings is 1. The fourth-order valence-corrected chi connectivity index (χ4v) is 4.42. The Morgan fingerprint density at radius 1 is 1.25 bits per heavy atom. The largest absolute Gasteiger partial charge is 0.389 e. The summed E-state index contributed by atoms with van der Waals surface area (Å²) >= 11 is 0. The molecule has 1 saturated carbocycles. The zero-order chi connectivity index (χ0) is 13.6. The van der Waals surface area contributed by atoms with Crippen LogP contribution in [0.3, 0.4) is 0 Å². The number of aliphatic hydroxyl groups is 1. The van der Waals surface area contributed by atoms with Crippen molar-refractivity contribution in [2.45, 2.75) is 56.6 Å². The van der Waals surface area contributed by atoms with Gasteiger partial charge in [-0.25, -0.2) is 0 Å². The summed E-state index contributed by atoms with van der Waals surface area (Å²) in [6.07, 6.45) is 10.1. The van der Waals surface area contributed by atoms with Crippen molar-refractivity contribution in [2.75, 3.05) is 19.6 Å². The van der Waals surface area contributed by atoms with Crippen LogP contribution in [0.1, 0.15) is 50.3 Å². The van der Waals surface area contributed by atoms with Crippen LogP contribution in [-0.2, 0) is 6.42 Å². The van der Waals surface area contributed by atoms with E-state index in [1.54, 1.807) is 0 Å². The van der Waals surface area contributed by atoms with Gasteiger partial charge in [-0.05, 0) is 38.3 Å². The quantitative estimate of drug-likeness (QED) is 0.917. The van der Waals surface area contributed by atoms with E-state index in [9.17, 15) is 5.11 Å². The Morgan fingerprint density at radius 3 is 2.95 bits per heavy atom. The zero-order valence-electron chi connectivity index (χ0n) is 12.2. The molecule has 3 aliphatic rings. The molecule has 3 heterocycles. The summed E-state index contributed by atoms with van der Waals surface area (Å²) in [7, 11) is 0. The molecule has 0 radical (unpaired) electrons. The molecule has 0 aromatic carbocycles. The molecular weight excluding hydrogens is 250 g/mol. The third-order valence-corrected chi connectivity index (χ3v) is 5.74. The van der Waals surface area contributed by atoms with Gasteiger partial charge >= 0.3 is 0 Å². The lowest BCUT2D eigenvalue weighted by atomic mass is 9.79. The summed E-state index contributed by atoms with van der Waals surface area (Å²) in [5, 5.41) is 15.8. The highest BCUT2D eigenvalue weighted by Crippen LogP contribution is 2.37. The van der Waals surface area contributed by atoms with Crippen LogP contribution in [-0.4, -0.2) is 45.0 Å². The molecule has 1 aliphatic carbocycles. The van der Waals surface area contributed by atoms with Crippen LogP contribution < -0.4 is 0 Å². The molecule has 1 N–H and O–H groups in total. The maximum Gasteiger partial charge on any atom is 0.0756 e. The van der Waals surface area contributed by atoms with E-state index in [1.807, 2.05) is 0 Å². The fourth-order valence-electron chi connectivity index (χ4n) is 4.42. The smallest absolute Gasteiger partial charge is 0.0756 e. The topological polar surface area (TPSA) is 41.3 Å². The normalized spacial score (nSPS) is 37.6. The first kappa shape index (κ1) is 12.8. The SMILES string of the molecule is OC1(Cc2ccn(C3CCCC3)n2)CCN2CCC1C2. The molecule has 4 nitrogen and oxygen atoms in total. The average Bonchev–Trinajstić information content (AvgIpc) is 3.16. The molecular formula is C16H25N3O. The highest BCUT2D eigenvalue weighted by Gasteiger charge is 2.45. The van der Waals surface area contributed by atoms with Gasteiger partial charge in [0.1, 0.15) is 0 Å². The first-order valence-corrected chi connectivity index (χ1v) is 8.22. The molecule has 20 heavy (non-hydrogen) atoms. The lowest BCUT2D eigenvalue weighted by molar-refractivity contribution is -0.0446. The molecule has 3 atom stereocenters. The summed E-state index contributed by atoms with van der Waals surface area (Å²) in [6, 6.07) is 2.73. The van der Waals surface area contributed by atoms with Gasteiger partial charge in [0.25, 0.3) is 0 Å². The Hall–Kier alpha value is -0.870. The molecule has 110 valence electrons. The molecule has 4 rings (SSSR count). The molecule has 2 aliphatic heterocycles. The van der Waals surface area contributed by atoms with E-state index in [-0.39, 0.29) is 0 Å². The molecule has 3 unspecified atom stereocenters. The van der Waals surface area contributed by atoms with Crippen LogP contribution in [0.5, 0.6) is 0 Å². The fraction of sp³-hybridized carbons (Fsp3) is 0.812.